The Morgan fingerprint density at radius 1 is 0.500 bits per heavy atom. The van der Waals surface area contributed by atoms with Gasteiger partial charge in [-0.3, -0.25) is 0 Å². The lowest BCUT2D eigenvalue weighted by atomic mass is 9.84. The van der Waals surface area contributed by atoms with Crippen LogP contribution in [0.5, 0.6) is 0 Å². The first kappa shape index (κ1) is 34.4. The molecule has 0 unspecified atom stereocenters. The van der Waals surface area contributed by atoms with E-state index in [1.807, 2.05) is 0 Å². The highest BCUT2D eigenvalue weighted by atomic mass is 14.9. The van der Waals surface area contributed by atoms with E-state index in [0.717, 1.165) is 57.0 Å². The standard InChI is InChI=1S/2C14H21N.C13H19N/c2*1-10(2)11(3)13-6-4-5-12-7-8-15-9-14(12)13;1-10(2)8-12-5-3-4-11-6-7-14-9-13(11)12/h2*4-6,10-11,15H,7-9H2,1-3H3;3-5,10,14H,6-9H2,1-2H3/t2*11-;/m10./s1. The Morgan fingerprint density at radius 3 is 1.30 bits per heavy atom. The Kier molecular flexibility index (Phi) is 13.1. The average Bonchev–Trinajstić information content (AvgIpc) is 3.04. The molecule has 2 atom stereocenters. The van der Waals surface area contributed by atoms with E-state index in [9.17, 15) is 0 Å². The molecule has 3 aliphatic rings. The Morgan fingerprint density at radius 2 is 0.886 bits per heavy atom. The van der Waals surface area contributed by atoms with Gasteiger partial charge in [0.1, 0.15) is 0 Å². The van der Waals surface area contributed by atoms with Gasteiger partial charge in [-0.25, -0.2) is 0 Å². The third kappa shape index (κ3) is 9.05. The molecule has 3 aromatic carbocycles. The molecule has 44 heavy (non-hydrogen) atoms. The Balaban J connectivity index is 0.000000151. The molecule has 3 heterocycles. The minimum absolute atomic E-state index is 0.667. The van der Waals surface area contributed by atoms with Crippen LogP contribution in [-0.2, 0) is 45.3 Å². The molecule has 0 spiro atoms. The number of rotatable bonds is 6. The first-order valence-electron chi connectivity index (χ1n) is 17.6. The summed E-state index contributed by atoms with van der Waals surface area (Å²) in [7, 11) is 0. The van der Waals surface area contributed by atoms with Gasteiger partial charge in [0, 0.05) is 19.6 Å². The fourth-order valence-corrected chi connectivity index (χ4v) is 6.87. The molecule has 0 aliphatic carbocycles. The van der Waals surface area contributed by atoms with Crippen molar-refractivity contribution in [1.82, 2.24) is 16.0 Å². The minimum atomic E-state index is 0.667. The monoisotopic (exact) mass is 595 g/mol. The first-order chi connectivity index (χ1) is 21.2. The summed E-state index contributed by atoms with van der Waals surface area (Å²) in [6, 6.07) is 20.4. The van der Waals surface area contributed by atoms with Crippen LogP contribution in [0.3, 0.4) is 0 Å². The molecule has 3 heteroatoms. The summed E-state index contributed by atoms with van der Waals surface area (Å²) >= 11 is 0. The molecular weight excluding hydrogens is 534 g/mol. The van der Waals surface area contributed by atoms with Gasteiger partial charge in [-0.1, -0.05) is 110 Å². The second kappa shape index (κ2) is 16.7. The number of fused-ring (bicyclic) bond motifs is 3. The lowest BCUT2D eigenvalue weighted by Gasteiger charge is -2.25. The van der Waals surface area contributed by atoms with Gasteiger partial charge in [-0.2, -0.15) is 0 Å². The van der Waals surface area contributed by atoms with Gasteiger partial charge in [-0.15, -0.1) is 0 Å². The molecule has 3 aliphatic heterocycles. The molecule has 0 bridgehead atoms. The molecular formula is C41H61N3. The SMILES string of the molecule is CC(C)Cc1cccc2c1CNCC2.CC(C)[C@@H](C)c1cccc2c1CNCC2.CC(C)[C@H](C)c1cccc2c1CNCC2. The predicted octanol–water partition coefficient (Wildman–Crippen LogP) is 8.71. The van der Waals surface area contributed by atoms with Crippen molar-refractivity contribution >= 4 is 0 Å². The van der Waals surface area contributed by atoms with Crippen LogP contribution < -0.4 is 16.0 Å². The molecule has 0 fully saturated rings. The fraction of sp³-hybridized carbons (Fsp3) is 0.561. The van der Waals surface area contributed by atoms with Gasteiger partial charge in [0.25, 0.3) is 0 Å². The van der Waals surface area contributed by atoms with Crippen LogP contribution in [0.2, 0.25) is 0 Å². The van der Waals surface area contributed by atoms with Gasteiger partial charge in [-0.05, 0) is 125 Å². The van der Waals surface area contributed by atoms with E-state index in [1.165, 1.54) is 25.7 Å². The molecule has 6 rings (SSSR count). The summed E-state index contributed by atoms with van der Waals surface area (Å²) in [6.45, 7) is 25.1. The van der Waals surface area contributed by atoms with Crippen LogP contribution in [0.15, 0.2) is 54.6 Å². The van der Waals surface area contributed by atoms with Crippen molar-refractivity contribution in [1.29, 1.82) is 0 Å². The van der Waals surface area contributed by atoms with Gasteiger partial charge < -0.3 is 16.0 Å². The normalized spacial score (nSPS) is 17.0. The maximum Gasteiger partial charge on any atom is 0.0211 e. The van der Waals surface area contributed by atoms with Crippen LogP contribution in [0, 0.1) is 17.8 Å². The lowest BCUT2D eigenvalue weighted by molar-refractivity contribution is 0.523. The van der Waals surface area contributed by atoms with Crippen molar-refractivity contribution < 1.29 is 0 Å². The van der Waals surface area contributed by atoms with E-state index in [0.29, 0.717) is 11.8 Å². The summed E-state index contributed by atoms with van der Waals surface area (Å²) in [4.78, 5) is 0. The smallest absolute Gasteiger partial charge is 0.0211 e. The number of hydrogen-bond acceptors (Lipinski definition) is 3. The van der Waals surface area contributed by atoms with Gasteiger partial charge in [0.15, 0.2) is 0 Å². The Labute approximate surface area is 270 Å². The van der Waals surface area contributed by atoms with E-state index < -0.39 is 0 Å². The van der Waals surface area contributed by atoms with Gasteiger partial charge >= 0.3 is 0 Å². The quantitative estimate of drug-likeness (QED) is 0.267. The van der Waals surface area contributed by atoms with Crippen molar-refractivity contribution in [2.75, 3.05) is 19.6 Å². The molecule has 0 aromatic heterocycles. The molecule has 0 saturated carbocycles. The largest absolute Gasteiger partial charge is 0.312 e. The van der Waals surface area contributed by atoms with Crippen molar-refractivity contribution in [2.24, 2.45) is 17.8 Å². The summed E-state index contributed by atoms with van der Waals surface area (Å²) in [6.07, 6.45) is 4.79. The number of nitrogens with one attached hydrogen (secondary N) is 3. The molecule has 0 amide bonds. The van der Waals surface area contributed by atoms with Crippen LogP contribution in [0.4, 0.5) is 0 Å². The molecule has 3 aromatic rings. The van der Waals surface area contributed by atoms with Crippen LogP contribution in [-0.4, -0.2) is 19.6 Å². The minimum Gasteiger partial charge on any atom is -0.312 e. The maximum absolute atomic E-state index is 3.48. The summed E-state index contributed by atoms with van der Waals surface area (Å²) in [5.74, 6) is 3.53. The van der Waals surface area contributed by atoms with Crippen molar-refractivity contribution in [3.8, 4) is 0 Å². The van der Waals surface area contributed by atoms with Crippen molar-refractivity contribution in [2.45, 2.75) is 113 Å². The first-order valence-corrected chi connectivity index (χ1v) is 17.6. The van der Waals surface area contributed by atoms with Crippen LogP contribution in [0.25, 0.3) is 0 Å². The highest BCUT2D eigenvalue weighted by Gasteiger charge is 2.19. The summed E-state index contributed by atoms with van der Waals surface area (Å²) < 4.78 is 0. The second-order valence-electron chi connectivity index (χ2n) is 14.5. The second-order valence-corrected chi connectivity index (χ2v) is 14.5. The van der Waals surface area contributed by atoms with E-state index in [1.54, 1.807) is 50.1 Å². The van der Waals surface area contributed by atoms with E-state index >= 15 is 0 Å². The Bertz CT molecular complexity index is 1250. The fourth-order valence-electron chi connectivity index (χ4n) is 6.87. The average molecular weight is 596 g/mol. The highest BCUT2D eigenvalue weighted by Crippen LogP contribution is 2.31. The zero-order chi connectivity index (χ0) is 31.6. The molecule has 3 nitrogen and oxygen atoms in total. The highest BCUT2D eigenvalue weighted by molar-refractivity contribution is 5.40. The Hall–Kier alpha value is -2.46. The van der Waals surface area contributed by atoms with Crippen molar-refractivity contribution in [3.05, 3.63) is 105 Å². The van der Waals surface area contributed by atoms with E-state index in [-0.39, 0.29) is 0 Å². The zero-order valence-electron chi connectivity index (χ0n) is 29.2. The molecule has 240 valence electrons. The van der Waals surface area contributed by atoms with E-state index in [2.05, 4.69) is 126 Å². The topological polar surface area (TPSA) is 36.1 Å². The third-order valence-corrected chi connectivity index (χ3v) is 10.2. The van der Waals surface area contributed by atoms with Gasteiger partial charge in [0.05, 0.1) is 0 Å². The summed E-state index contributed by atoms with van der Waals surface area (Å²) in [5.41, 5.74) is 14.0. The van der Waals surface area contributed by atoms with Crippen LogP contribution in [0.1, 0.15) is 117 Å². The molecule has 0 saturated heterocycles. The molecule has 0 radical (unpaired) electrons. The lowest BCUT2D eigenvalue weighted by Crippen LogP contribution is -2.25. The predicted molar refractivity (Wildman–Crippen MR) is 191 cm³/mol. The molecule has 3 N–H and O–H groups in total. The van der Waals surface area contributed by atoms with Crippen molar-refractivity contribution in [3.63, 3.8) is 0 Å². The van der Waals surface area contributed by atoms with E-state index in [4.69, 9.17) is 0 Å². The van der Waals surface area contributed by atoms with Crippen LogP contribution >= 0.6 is 0 Å². The zero-order valence-corrected chi connectivity index (χ0v) is 29.2. The number of benzene rings is 3. The maximum atomic E-state index is 3.48. The summed E-state index contributed by atoms with van der Waals surface area (Å²) in [5, 5.41) is 10.4. The third-order valence-electron chi connectivity index (χ3n) is 10.2. The van der Waals surface area contributed by atoms with Gasteiger partial charge in [0.2, 0.25) is 0 Å². The number of hydrogen-bond donors (Lipinski definition) is 3.